The monoisotopic (exact) mass is 500 g/mol. The number of rotatable bonds is 24. The Kier molecular flexibility index (Phi) is 21.3. The SMILES string of the molecule is CCCCC(CC)COCC(O)CN(CCCCCCN)CC(O)COCCCS(O)(O)O. The van der Waals surface area contributed by atoms with Crippen molar-refractivity contribution in [1.82, 2.24) is 4.90 Å². The number of aliphatic hydroxyl groups excluding tert-OH is 2. The number of aliphatic hydroxyl groups is 2. The first kappa shape index (κ1) is 33.0. The molecule has 0 heterocycles. The third kappa shape index (κ3) is 22.2. The molecule has 0 aliphatic carbocycles. The van der Waals surface area contributed by atoms with Gasteiger partial charge in [-0.25, -0.2) is 0 Å². The number of unbranched alkanes of at least 4 members (excludes halogenated alkanes) is 4. The molecule has 0 fully saturated rings. The number of nitrogens with zero attached hydrogens (tertiary/aromatic N) is 1. The van der Waals surface area contributed by atoms with Crippen LogP contribution in [-0.4, -0.2) is 99.3 Å². The topological polar surface area (TPSA) is 149 Å². The molecule has 0 radical (unpaired) electrons. The lowest BCUT2D eigenvalue weighted by atomic mass is 10.0. The van der Waals surface area contributed by atoms with E-state index < -0.39 is 23.1 Å². The van der Waals surface area contributed by atoms with Gasteiger partial charge >= 0.3 is 0 Å². The highest BCUT2D eigenvalue weighted by atomic mass is 32.3. The van der Waals surface area contributed by atoms with E-state index in [-0.39, 0.29) is 25.6 Å². The minimum atomic E-state index is -3.49. The molecule has 0 saturated carbocycles. The quantitative estimate of drug-likeness (QED) is 0.110. The molecule has 0 aromatic rings. The molecule has 0 saturated heterocycles. The van der Waals surface area contributed by atoms with Gasteiger partial charge in [-0.05, 0) is 44.7 Å². The predicted octanol–water partition coefficient (Wildman–Crippen LogP) is 3.39. The fraction of sp³-hybridized carbons (Fsp3) is 1.00. The average Bonchev–Trinajstić information content (AvgIpc) is 2.74. The van der Waals surface area contributed by atoms with E-state index in [4.69, 9.17) is 28.9 Å². The third-order valence-electron chi connectivity index (χ3n) is 5.59. The Morgan fingerprint density at radius 3 is 2.03 bits per heavy atom. The van der Waals surface area contributed by atoms with Crippen LogP contribution in [0.1, 0.15) is 71.6 Å². The van der Waals surface area contributed by atoms with Crippen LogP contribution in [0.5, 0.6) is 0 Å². The standard InChI is InChI=1S/C23H52N2O7S/c1-3-5-11-21(4-2)18-32-20-23(27)17-25(13-9-7-6-8-12-24)16-22(26)19-31-14-10-15-33(28,29)30/h21-23,26-30H,3-20,24H2,1-2H3. The lowest BCUT2D eigenvalue weighted by Crippen LogP contribution is -2.41. The molecule has 0 bridgehead atoms. The summed E-state index contributed by atoms with van der Waals surface area (Å²) in [5.41, 5.74) is 5.55. The van der Waals surface area contributed by atoms with Gasteiger partial charge in [-0.3, -0.25) is 4.90 Å². The zero-order chi connectivity index (χ0) is 25.0. The minimum Gasteiger partial charge on any atom is -0.389 e. The molecule has 202 valence electrons. The van der Waals surface area contributed by atoms with Crippen LogP contribution < -0.4 is 5.73 Å². The smallest absolute Gasteiger partial charge is 0.0900 e. The fourth-order valence-electron chi connectivity index (χ4n) is 3.63. The van der Waals surface area contributed by atoms with E-state index in [1.54, 1.807) is 0 Å². The predicted molar refractivity (Wildman–Crippen MR) is 136 cm³/mol. The molecule has 0 rings (SSSR count). The second-order valence-corrected chi connectivity index (χ2v) is 10.7. The average molecular weight is 501 g/mol. The van der Waals surface area contributed by atoms with Crippen molar-refractivity contribution in [2.45, 2.75) is 83.8 Å². The Morgan fingerprint density at radius 1 is 0.818 bits per heavy atom. The molecule has 7 N–H and O–H groups in total. The van der Waals surface area contributed by atoms with Gasteiger partial charge in [0, 0.05) is 32.1 Å². The van der Waals surface area contributed by atoms with Crippen molar-refractivity contribution in [3.05, 3.63) is 0 Å². The summed E-state index contributed by atoms with van der Waals surface area (Å²) in [6.07, 6.45) is 7.64. The summed E-state index contributed by atoms with van der Waals surface area (Å²) >= 11 is 0. The molecule has 10 heteroatoms. The largest absolute Gasteiger partial charge is 0.389 e. The van der Waals surface area contributed by atoms with E-state index in [9.17, 15) is 10.2 Å². The van der Waals surface area contributed by atoms with Gasteiger partial charge in [-0.1, -0.05) is 46.0 Å². The van der Waals surface area contributed by atoms with Crippen LogP contribution in [0.25, 0.3) is 0 Å². The second-order valence-electron chi connectivity index (χ2n) is 8.99. The van der Waals surface area contributed by atoms with E-state index in [1.807, 2.05) is 4.90 Å². The van der Waals surface area contributed by atoms with Crippen molar-refractivity contribution in [3.63, 3.8) is 0 Å². The van der Waals surface area contributed by atoms with Crippen molar-refractivity contribution >= 4 is 10.9 Å². The Labute approximate surface area is 203 Å². The van der Waals surface area contributed by atoms with Crippen molar-refractivity contribution in [3.8, 4) is 0 Å². The number of hydrogen-bond donors (Lipinski definition) is 6. The van der Waals surface area contributed by atoms with Gasteiger partial charge in [0.2, 0.25) is 0 Å². The molecular weight excluding hydrogens is 448 g/mol. The zero-order valence-electron chi connectivity index (χ0n) is 20.9. The van der Waals surface area contributed by atoms with Gasteiger partial charge in [-0.15, -0.1) is 0 Å². The van der Waals surface area contributed by atoms with Crippen LogP contribution in [-0.2, 0) is 9.47 Å². The highest BCUT2D eigenvalue weighted by Gasteiger charge is 2.17. The van der Waals surface area contributed by atoms with Crippen molar-refractivity contribution in [2.75, 3.05) is 58.4 Å². The van der Waals surface area contributed by atoms with Gasteiger partial charge < -0.3 is 39.1 Å². The molecule has 0 aliphatic heterocycles. The summed E-state index contributed by atoms with van der Waals surface area (Å²) in [5.74, 6) is 0.394. The molecule has 0 aromatic carbocycles. The summed E-state index contributed by atoms with van der Waals surface area (Å²) in [6, 6.07) is 0. The highest BCUT2D eigenvalue weighted by Crippen LogP contribution is 2.32. The maximum Gasteiger partial charge on any atom is 0.0900 e. The van der Waals surface area contributed by atoms with Crippen LogP contribution in [0.4, 0.5) is 0 Å². The molecule has 9 nitrogen and oxygen atoms in total. The van der Waals surface area contributed by atoms with Crippen molar-refractivity contribution in [2.24, 2.45) is 11.7 Å². The van der Waals surface area contributed by atoms with Crippen LogP contribution in [0.3, 0.4) is 0 Å². The summed E-state index contributed by atoms with van der Waals surface area (Å²) in [6.45, 7) is 7.89. The maximum atomic E-state index is 10.5. The fourth-order valence-corrected chi connectivity index (χ4v) is 4.14. The van der Waals surface area contributed by atoms with E-state index in [0.29, 0.717) is 38.6 Å². The first-order valence-electron chi connectivity index (χ1n) is 12.6. The van der Waals surface area contributed by atoms with Crippen LogP contribution >= 0.6 is 10.9 Å². The van der Waals surface area contributed by atoms with E-state index in [2.05, 4.69) is 13.8 Å². The van der Waals surface area contributed by atoms with Gasteiger partial charge in [0.15, 0.2) is 0 Å². The van der Waals surface area contributed by atoms with Gasteiger partial charge in [0.1, 0.15) is 0 Å². The van der Waals surface area contributed by atoms with Gasteiger partial charge in [-0.2, -0.15) is 0 Å². The number of nitrogens with two attached hydrogens (primary N) is 1. The van der Waals surface area contributed by atoms with E-state index >= 15 is 0 Å². The Hall–Kier alpha value is -0.0100. The first-order chi connectivity index (χ1) is 15.7. The van der Waals surface area contributed by atoms with Gasteiger partial charge in [0.25, 0.3) is 0 Å². The third-order valence-corrected chi connectivity index (χ3v) is 6.43. The highest BCUT2D eigenvalue weighted by molar-refractivity contribution is 8.19. The molecule has 0 aromatic heterocycles. The van der Waals surface area contributed by atoms with Crippen LogP contribution in [0, 0.1) is 5.92 Å². The Morgan fingerprint density at radius 2 is 1.45 bits per heavy atom. The molecule has 3 atom stereocenters. The summed E-state index contributed by atoms with van der Waals surface area (Å²) in [4.78, 5) is 2.04. The van der Waals surface area contributed by atoms with Crippen molar-refractivity contribution < 1.29 is 33.3 Å². The summed E-state index contributed by atoms with van der Waals surface area (Å²) in [7, 11) is -3.49. The lowest BCUT2D eigenvalue weighted by Gasteiger charge is -2.27. The van der Waals surface area contributed by atoms with E-state index in [0.717, 1.165) is 45.1 Å². The molecule has 0 amide bonds. The number of ether oxygens (including phenoxy) is 2. The molecule has 0 aliphatic rings. The Bertz CT molecular complexity index is 430. The van der Waals surface area contributed by atoms with E-state index in [1.165, 1.54) is 12.8 Å². The summed E-state index contributed by atoms with van der Waals surface area (Å²) in [5, 5.41) is 20.8. The zero-order valence-corrected chi connectivity index (χ0v) is 21.8. The molecule has 3 unspecified atom stereocenters. The Balaban J connectivity index is 4.38. The first-order valence-corrected chi connectivity index (χ1v) is 14.3. The van der Waals surface area contributed by atoms with Gasteiger partial charge in [0.05, 0.1) is 36.3 Å². The van der Waals surface area contributed by atoms with Crippen LogP contribution in [0.2, 0.25) is 0 Å². The molecular formula is C23H52N2O7S. The van der Waals surface area contributed by atoms with Crippen molar-refractivity contribution in [1.29, 1.82) is 0 Å². The minimum absolute atomic E-state index is 0.108. The summed E-state index contributed by atoms with van der Waals surface area (Å²) < 4.78 is 38.0. The molecule has 33 heavy (non-hydrogen) atoms. The van der Waals surface area contributed by atoms with Crippen LogP contribution in [0.15, 0.2) is 0 Å². The normalized spacial score (nSPS) is 15.7. The lowest BCUT2D eigenvalue weighted by molar-refractivity contribution is -0.0162. The second kappa shape index (κ2) is 21.3. The maximum absolute atomic E-state index is 10.5. The number of hydrogen-bond acceptors (Lipinski definition) is 9. The molecule has 0 spiro atoms.